The van der Waals surface area contributed by atoms with Crippen molar-refractivity contribution < 1.29 is 17.6 Å². The molecule has 4 heterocycles. The second-order valence-corrected chi connectivity index (χ2v) is 10.7. The number of benzene rings is 1. The topological polar surface area (TPSA) is 107 Å². The van der Waals surface area contributed by atoms with E-state index in [9.17, 15) is 13.2 Å². The molecule has 3 aromatic heterocycles. The van der Waals surface area contributed by atoms with Crippen LogP contribution < -0.4 is 5.56 Å². The van der Waals surface area contributed by atoms with Gasteiger partial charge in [-0.3, -0.25) is 9.20 Å². The number of thioether (sulfide) groups is 1. The van der Waals surface area contributed by atoms with Gasteiger partial charge in [0.2, 0.25) is 10.0 Å². The van der Waals surface area contributed by atoms with E-state index >= 15 is 0 Å². The third-order valence-corrected chi connectivity index (χ3v) is 8.62. The molecule has 31 heavy (non-hydrogen) atoms. The molecule has 1 saturated heterocycles. The Morgan fingerprint density at radius 2 is 2.00 bits per heavy atom. The molecule has 0 saturated carbocycles. The molecule has 0 amide bonds. The van der Waals surface area contributed by atoms with Crippen molar-refractivity contribution in [2.45, 2.75) is 22.8 Å². The first-order valence-electron chi connectivity index (χ1n) is 9.50. The number of thiazole rings is 1. The van der Waals surface area contributed by atoms with E-state index in [1.165, 1.54) is 45.6 Å². The molecule has 0 unspecified atom stereocenters. The lowest BCUT2D eigenvalue weighted by atomic mass is 10.3. The number of morpholine rings is 1. The predicted octanol–water partition coefficient (Wildman–Crippen LogP) is 2.52. The molecule has 1 aliphatic heterocycles. The average molecular weight is 479 g/mol. The summed E-state index contributed by atoms with van der Waals surface area (Å²) in [4.78, 5) is 22.1. The van der Waals surface area contributed by atoms with Crippen molar-refractivity contribution in [1.82, 2.24) is 18.7 Å². The Balaban J connectivity index is 1.37. The molecule has 0 aliphatic carbocycles. The first kappa shape index (κ1) is 20.6. The summed E-state index contributed by atoms with van der Waals surface area (Å²) in [6.45, 7) is 3.32. The minimum Gasteiger partial charge on any atom is -0.431 e. The largest absolute Gasteiger partial charge is 0.431 e. The molecule has 1 aromatic carbocycles. The molecular weight excluding hydrogens is 460 g/mol. The molecule has 0 spiro atoms. The smallest absolute Gasteiger partial charge is 0.258 e. The summed E-state index contributed by atoms with van der Waals surface area (Å²) >= 11 is 2.72. The number of aryl methyl sites for hydroxylation is 1. The van der Waals surface area contributed by atoms with Gasteiger partial charge in [-0.2, -0.15) is 4.31 Å². The molecule has 0 radical (unpaired) electrons. The molecule has 1 fully saturated rings. The van der Waals surface area contributed by atoms with Crippen LogP contribution in [0.5, 0.6) is 0 Å². The first-order chi connectivity index (χ1) is 14.9. The van der Waals surface area contributed by atoms with Crippen LogP contribution in [0.15, 0.2) is 49.0 Å². The van der Waals surface area contributed by atoms with Crippen molar-refractivity contribution in [1.29, 1.82) is 0 Å². The Bertz CT molecular complexity index is 1430. The summed E-state index contributed by atoms with van der Waals surface area (Å²) in [5, 5.41) is 2.28. The van der Waals surface area contributed by atoms with Gasteiger partial charge in [-0.25, -0.2) is 18.4 Å². The van der Waals surface area contributed by atoms with Crippen LogP contribution in [0.3, 0.4) is 0 Å². The van der Waals surface area contributed by atoms with Crippen molar-refractivity contribution >= 4 is 49.2 Å². The molecule has 1 aliphatic rings. The highest BCUT2D eigenvalue weighted by Crippen LogP contribution is 2.28. The molecule has 5 rings (SSSR count). The number of rotatable bonds is 5. The number of aromatic nitrogens is 3. The maximum atomic E-state index is 12.9. The van der Waals surface area contributed by atoms with Crippen molar-refractivity contribution in [3.8, 4) is 0 Å². The van der Waals surface area contributed by atoms with E-state index in [-0.39, 0.29) is 10.5 Å². The summed E-state index contributed by atoms with van der Waals surface area (Å²) in [6.07, 6.45) is 0. The van der Waals surface area contributed by atoms with Crippen LogP contribution >= 0.6 is 23.1 Å². The van der Waals surface area contributed by atoms with Crippen LogP contribution in [0.25, 0.3) is 16.1 Å². The standard InChI is InChI=1S/C19H18N4O5S3/c1-12-10-29-18-20-13(8-17(24)23(12)18)11-30-19-21-15-9-14(2-3-16(15)28-19)31(25,26)22-4-6-27-7-5-22/h2-3,8-10H,4-7,11H2,1H3. The molecule has 4 aromatic rings. The summed E-state index contributed by atoms with van der Waals surface area (Å²) in [5.41, 5.74) is 2.35. The second-order valence-electron chi connectivity index (χ2n) is 7.00. The molecule has 9 nitrogen and oxygen atoms in total. The number of hydrogen-bond acceptors (Lipinski definition) is 9. The zero-order chi connectivity index (χ0) is 21.6. The minimum absolute atomic E-state index is 0.116. The monoisotopic (exact) mass is 478 g/mol. The van der Waals surface area contributed by atoms with E-state index < -0.39 is 10.0 Å². The number of hydrogen-bond donors (Lipinski definition) is 0. The van der Waals surface area contributed by atoms with E-state index in [1.807, 2.05) is 12.3 Å². The summed E-state index contributed by atoms with van der Waals surface area (Å²) in [6, 6.07) is 6.18. The van der Waals surface area contributed by atoms with Gasteiger partial charge >= 0.3 is 0 Å². The van der Waals surface area contributed by atoms with Gasteiger partial charge in [0.1, 0.15) is 5.52 Å². The van der Waals surface area contributed by atoms with Gasteiger partial charge < -0.3 is 9.15 Å². The van der Waals surface area contributed by atoms with Gasteiger partial charge in [0.25, 0.3) is 10.8 Å². The average Bonchev–Trinajstić information content (AvgIpc) is 3.35. The van der Waals surface area contributed by atoms with Gasteiger partial charge in [-0.15, -0.1) is 11.3 Å². The molecule has 0 atom stereocenters. The minimum atomic E-state index is -3.60. The molecule has 0 bridgehead atoms. The van der Waals surface area contributed by atoms with Crippen molar-refractivity contribution in [3.05, 3.63) is 51.4 Å². The highest BCUT2D eigenvalue weighted by atomic mass is 32.2. The van der Waals surface area contributed by atoms with Gasteiger partial charge in [-0.05, 0) is 25.1 Å². The van der Waals surface area contributed by atoms with Crippen LogP contribution in [-0.2, 0) is 20.5 Å². The number of ether oxygens (including phenoxy) is 1. The van der Waals surface area contributed by atoms with Crippen LogP contribution in [-0.4, -0.2) is 53.4 Å². The fourth-order valence-electron chi connectivity index (χ4n) is 3.35. The zero-order valence-electron chi connectivity index (χ0n) is 16.5. The van der Waals surface area contributed by atoms with Crippen molar-refractivity contribution in [2.75, 3.05) is 26.3 Å². The third-order valence-electron chi connectivity index (χ3n) is 4.92. The van der Waals surface area contributed by atoms with Crippen molar-refractivity contribution in [2.24, 2.45) is 0 Å². The summed E-state index contributed by atoms with van der Waals surface area (Å²) in [7, 11) is -3.60. The highest BCUT2D eigenvalue weighted by Gasteiger charge is 2.27. The van der Waals surface area contributed by atoms with Crippen LogP contribution in [0, 0.1) is 6.92 Å². The summed E-state index contributed by atoms with van der Waals surface area (Å²) < 4.78 is 39.7. The fraction of sp³-hybridized carbons (Fsp3) is 0.316. The van der Waals surface area contributed by atoms with Gasteiger partial charge in [0.15, 0.2) is 10.5 Å². The quantitative estimate of drug-likeness (QED) is 0.403. The Morgan fingerprint density at radius 3 is 2.81 bits per heavy atom. The fourth-order valence-corrected chi connectivity index (χ4v) is 6.40. The van der Waals surface area contributed by atoms with Gasteiger partial charge in [-0.1, -0.05) is 11.8 Å². The summed E-state index contributed by atoms with van der Waals surface area (Å²) in [5.74, 6) is 0.411. The zero-order valence-corrected chi connectivity index (χ0v) is 18.9. The van der Waals surface area contributed by atoms with E-state index in [1.54, 1.807) is 10.5 Å². The Morgan fingerprint density at radius 1 is 1.19 bits per heavy atom. The third kappa shape index (κ3) is 3.89. The number of sulfonamides is 1. The maximum absolute atomic E-state index is 12.9. The lowest BCUT2D eigenvalue weighted by Gasteiger charge is -2.25. The van der Waals surface area contributed by atoms with Crippen LogP contribution in [0.2, 0.25) is 0 Å². The Kier molecular flexibility index (Phi) is 5.34. The Labute approximate surface area is 185 Å². The Hall–Kier alpha value is -2.25. The lowest BCUT2D eigenvalue weighted by Crippen LogP contribution is -2.40. The lowest BCUT2D eigenvalue weighted by molar-refractivity contribution is 0.0730. The highest BCUT2D eigenvalue weighted by molar-refractivity contribution is 7.98. The molecule has 12 heteroatoms. The second kappa shape index (κ2) is 8.02. The van der Waals surface area contributed by atoms with Gasteiger partial charge in [0.05, 0.1) is 23.8 Å². The molecular formula is C19H18N4O5S3. The van der Waals surface area contributed by atoms with E-state index in [0.717, 1.165) is 5.69 Å². The van der Waals surface area contributed by atoms with Gasteiger partial charge in [0, 0.05) is 36.0 Å². The van der Waals surface area contributed by atoms with E-state index in [2.05, 4.69) is 9.97 Å². The SMILES string of the molecule is Cc1csc2nc(CSc3nc4cc(S(=O)(=O)N5CCOCC5)ccc4o3)cc(=O)n12. The van der Waals surface area contributed by atoms with E-state index in [4.69, 9.17) is 9.15 Å². The normalized spacial score (nSPS) is 15.8. The number of oxazole rings is 1. The van der Waals surface area contributed by atoms with Crippen molar-refractivity contribution in [3.63, 3.8) is 0 Å². The molecule has 0 N–H and O–H groups in total. The van der Waals surface area contributed by atoms with Crippen LogP contribution in [0.1, 0.15) is 11.4 Å². The number of nitrogens with zero attached hydrogens (tertiary/aromatic N) is 4. The first-order valence-corrected chi connectivity index (χ1v) is 12.8. The maximum Gasteiger partial charge on any atom is 0.258 e. The predicted molar refractivity (Wildman–Crippen MR) is 117 cm³/mol. The molecule has 162 valence electrons. The van der Waals surface area contributed by atoms with E-state index in [0.29, 0.717) is 59.0 Å². The number of fused-ring (bicyclic) bond motifs is 2. The van der Waals surface area contributed by atoms with Crippen LogP contribution in [0.4, 0.5) is 0 Å².